The molecule has 0 atom stereocenters. The molecule has 0 N–H and O–H groups in total. The van der Waals surface area contributed by atoms with E-state index in [0.717, 1.165) is 50.7 Å². The highest BCUT2D eigenvalue weighted by Gasteiger charge is 2.40. The van der Waals surface area contributed by atoms with Gasteiger partial charge in [0, 0.05) is 22.4 Å². The van der Waals surface area contributed by atoms with Gasteiger partial charge in [0.2, 0.25) is 0 Å². The fourth-order valence-corrected chi connectivity index (χ4v) is 7.19. The highest BCUT2D eigenvalue weighted by Crippen LogP contribution is 2.45. The molecule has 1 aliphatic rings. The maximum Gasteiger partial charge on any atom is 0.0478 e. The van der Waals surface area contributed by atoms with E-state index in [1.807, 2.05) is 12.1 Å². The standard InChI is InChI=1S/C37H43ClN2/c1-3-39(4-2)30-36(31-16-8-5-9-17-31)24-27-40(28-25-36)29-26-37(32-18-10-6-11-19-32,33-20-12-7-13-21-33)34-22-14-15-23-35(34)38/h5-23H,3-4,24-30H2,1-2H3. The van der Waals surface area contributed by atoms with Crippen LogP contribution in [0.2, 0.25) is 5.02 Å². The van der Waals surface area contributed by atoms with E-state index in [1.54, 1.807) is 0 Å². The van der Waals surface area contributed by atoms with Crippen LogP contribution in [0.4, 0.5) is 0 Å². The fraction of sp³-hybridized carbons (Fsp3) is 0.351. The van der Waals surface area contributed by atoms with Crippen molar-refractivity contribution in [2.45, 2.75) is 43.9 Å². The van der Waals surface area contributed by atoms with Crippen molar-refractivity contribution in [3.63, 3.8) is 0 Å². The van der Waals surface area contributed by atoms with Gasteiger partial charge in [0.25, 0.3) is 0 Å². The predicted octanol–water partition coefficient (Wildman–Crippen LogP) is 8.44. The van der Waals surface area contributed by atoms with Crippen LogP contribution in [0.1, 0.15) is 55.4 Å². The second-order valence-electron chi connectivity index (χ2n) is 11.3. The van der Waals surface area contributed by atoms with Crippen LogP contribution in [0, 0.1) is 0 Å². The Kier molecular flexibility index (Phi) is 9.42. The van der Waals surface area contributed by atoms with Gasteiger partial charge >= 0.3 is 0 Å². The summed E-state index contributed by atoms with van der Waals surface area (Å²) in [6.45, 7) is 11.2. The maximum absolute atomic E-state index is 6.99. The average Bonchev–Trinajstić information content (AvgIpc) is 3.03. The number of hydrogen-bond donors (Lipinski definition) is 0. The van der Waals surface area contributed by atoms with E-state index in [9.17, 15) is 0 Å². The van der Waals surface area contributed by atoms with Crippen LogP contribution in [0.25, 0.3) is 0 Å². The van der Waals surface area contributed by atoms with Crippen molar-refractivity contribution in [3.05, 3.63) is 143 Å². The Labute approximate surface area is 246 Å². The Morgan fingerprint density at radius 2 is 1.20 bits per heavy atom. The number of likely N-dealkylation sites (tertiary alicyclic amines) is 1. The van der Waals surface area contributed by atoms with Crippen LogP contribution in [-0.4, -0.2) is 49.1 Å². The predicted molar refractivity (Wildman–Crippen MR) is 170 cm³/mol. The van der Waals surface area contributed by atoms with Gasteiger partial charge in [-0.25, -0.2) is 0 Å². The molecule has 5 rings (SSSR count). The summed E-state index contributed by atoms with van der Waals surface area (Å²) < 4.78 is 0. The van der Waals surface area contributed by atoms with E-state index in [4.69, 9.17) is 11.6 Å². The molecule has 0 amide bonds. The number of nitrogens with zero attached hydrogens (tertiary/aromatic N) is 2. The molecule has 3 heteroatoms. The number of likely N-dealkylation sites (N-methyl/N-ethyl adjacent to an activating group) is 1. The van der Waals surface area contributed by atoms with E-state index in [0.29, 0.717) is 0 Å². The van der Waals surface area contributed by atoms with Crippen molar-refractivity contribution in [1.29, 1.82) is 0 Å². The van der Waals surface area contributed by atoms with Crippen molar-refractivity contribution in [2.24, 2.45) is 0 Å². The van der Waals surface area contributed by atoms with Crippen LogP contribution >= 0.6 is 11.6 Å². The Hall–Kier alpha value is -2.91. The minimum Gasteiger partial charge on any atom is -0.303 e. The molecular weight excluding hydrogens is 508 g/mol. The van der Waals surface area contributed by atoms with E-state index in [-0.39, 0.29) is 10.8 Å². The molecule has 0 aromatic heterocycles. The Bertz CT molecular complexity index is 1270. The van der Waals surface area contributed by atoms with E-state index in [2.05, 4.69) is 127 Å². The largest absolute Gasteiger partial charge is 0.303 e. The summed E-state index contributed by atoms with van der Waals surface area (Å²) in [5, 5.41) is 0.830. The van der Waals surface area contributed by atoms with Crippen molar-refractivity contribution < 1.29 is 0 Å². The quantitative estimate of drug-likeness (QED) is 0.173. The van der Waals surface area contributed by atoms with E-state index >= 15 is 0 Å². The molecule has 0 spiro atoms. The molecular formula is C37H43ClN2. The molecule has 4 aromatic carbocycles. The van der Waals surface area contributed by atoms with Crippen LogP contribution in [0.3, 0.4) is 0 Å². The van der Waals surface area contributed by atoms with Crippen LogP contribution < -0.4 is 0 Å². The normalized spacial score (nSPS) is 15.8. The van der Waals surface area contributed by atoms with Crippen LogP contribution in [0.15, 0.2) is 115 Å². The molecule has 1 aliphatic heterocycles. The maximum atomic E-state index is 6.99. The zero-order chi connectivity index (χ0) is 27.8. The number of rotatable bonds is 11. The summed E-state index contributed by atoms with van der Waals surface area (Å²) in [7, 11) is 0. The number of halogens is 1. The molecule has 0 bridgehead atoms. The molecule has 4 aromatic rings. The molecule has 1 fully saturated rings. The van der Waals surface area contributed by atoms with Crippen LogP contribution in [-0.2, 0) is 10.8 Å². The second kappa shape index (κ2) is 13.2. The van der Waals surface area contributed by atoms with E-state index < -0.39 is 0 Å². The first kappa shape index (κ1) is 28.6. The first-order valence-corrected chi connectivity index (χ1v) is 15.4. The molecule has 1 saturated heterocycles. The van der Waals surface area contributed by atoms with Gasteiger partial charge in [-0.1, -0.05) is 135 Å². The highest BCUT2D eigenvalue weighted by molar-refractivity contribution is 6.31. The first-order valence-electron chi connectivity index (χ1n) is 15.0. The van der Waals surface area contributed by atoms with Crippen molar-refractivity contribution in [1.82, 2.24) is 9.80 Å². The van der Waals surface area contributed by atoms with Gasteiger partial charge in [-0.2, -0.15) is 0 Å². The Morgan fingerprint density at radius 1 is 0.700 bits per heavy atom. The summed E-state index contributed by atoms with van der Waals surface area (Å²) in [6.07, 6.45) is 3.34. The molecule has 0 saturated carbocycles. The monoisotopic (exact) mass is 550 g/mol. The summed E-state index contributed by atoms with van der Waals surface area (Å²) in [5.74, 6) is 0. The fourth-order valence-electron chi connectivity index (χ4n) is 6.89. The summed E-state index contributed by atoms with van der Waals surface area (Å²) in [4.78, 5) is 5.30. The lowest BCUT2D eigenvalue weighted by molar-refractivity contribution is 0.116. The minimum atomic E-state index is -0.323. The van der Waals surface area contributed by atoms with Gasteiger partial charge in [0.05, 0.1) is 0 Å². The molecule has 208 valence electrons. The third kappa shape index (κ3) is 5.91. The molecule has 1 heterocycles. The number of hydrogen-bond acceptors (Lipinski definition) is 2. The molecule has 0 unspecified atom stereocenters. The van der Waals surface area contributed by atoms with Crippen molar-refractivity contribution >= 4 is 11.6 Å². The first-order chi connectivity index (χ1) is 19.6. The summed E-state index contributed by atoms with van der Waals surface area (Å²) in [6, 6.07) is 41.7. The molecule has 40 heavy (non-hydrogen) atoms. The highest BCUT2D eigenvalue weighted by atomic mass is 35.5. The zero-order valence-corrected chi connectivity index (χ0v) is 24.9. The third-order valence-electron chi connectivity index (χ3n) is 9.29. The second-order valence-corrected chi connectivity index (χ2v) is 11.7. The Balaban J connectivity index is 1.45. The van der Waals surface area contributed by atoms with Crippen LogP contribution in [0.5, 0.6) is 0 Å². The van der Waals surface area contributed by atoms with Gasteiger partial charge in [0.1, 0.15) is 0 Å². The van der Waals surface area contributed by atoms with E-state index in [1.165, 1.54) is 35.1 Å². The lowest BCUT2D eigenvalue weighted by atomic mass is 9.67. The minimum absolute atomic E-state index is 0.211. The summed E-state index contributed by atoms with van der Waals surface area (Å²) >= 11 is 6.99. The van der Waals surface area contributed by atoms with Gasteiger partial charge in [0.15, 0.2) is 0 Å². The van der Waals surface area contributed by atoms with Crippen molar-refractivity contribution in [3.8, 4) is 0 Å². The number of benzene rings is 4. The summed E-state index contributed by atoms with van der Waals surface area (Å²) in [5.41, 5.74) is 5.17. The lowest BCUT2D eigenvalue weighted by Gasteiger charge is -2.46. The molecule has 0 radical (unpaired) electrons. The Morgan fingerprint density at radius 3 is 1.73 bits per heavy atom. The number of piperidine rings is 1. The lowest BCUT2D eigenvalue weighted by Crippen LogP contribution is -2.49. The van der Waals surface area contributed by atoms with Gasteiger partial charge in [-0.3, -0.25) is 0 Å². The van der Waals surface area contributed by atoms with Crippen molar-refractivity contribution in [2.75, 3.05) is 39.3 Å². The van der Waals surface area contributed by atoms with Gasteiger partial charge in [-0.15, -0.1) is 0 Å². The van der Waals surface area contributed by atoms with Gasteiger partial charge < -0.3 is 9.80 Å². The average molecular weight is 551 g/mol. The smallest absolute Gasteiger partial charge is 0.0478 e. The molecule has 0 aliphatic carbocycles. The van der Waals surface area contributed by atoms with Gasteiger partial charge in [-0.05, 0) is 80.3 Å². The molecule has 2 nitrogen and oxygen atoms in total. The zero-order valence-electron chi connectivity index (χ0n) is 24.1. The third-order valence-corrected chi connectivity index (χ3v) is 9.62. The SMILES string of the molecule is CCN(CC)CC1(c2ccccc2)CCN(CCC(c2ccccc2)(c2ccccc2)c2ccccc2Cl)CC1. The topological polar surface area (TPSA) is 6.48 Å².